The van der Waals surface area contributed by atoms with Crippen molar-refractivity contribution >= 4 is 17.3 Å². The van der Waals surface area contributed by atoms with E-state index in [0.29, 0.717) is 0 Å². The van der Waals surface area contributed by atoms with Crippen LogP contribution in [0.25, 0.3) is 10.9 Å². The van der Waals surface area contributed by atoms with Crippen LogP contribution in [0, 0.1) is 0 Å². The zero-order valence-electron chi connectivity index (χ0n) is 12.4. The van der Waals surface area contributed by atoms with Gasteiger partial charge in [0.05, 0.1) is 6.04 Å². The van der Waals surface area contributed by atoms with E-state index in [1.54, 1.807) is 0 Å². The Morgan fingerprint density at radius 3 is 2.85 bits per heavy atom. The lowest BCUT2D eigenvalue weighted by molar-refractivity contribution is -0.110. The van der Waals surface area contributed by atoms with Gasteiger partial charge in [0.1, 0.15) is 0 Å². The van der Waals surface area contributed by atoms with Gasteiger partial charge in [-0.05, 0) is 47.9 Å². The SMILES string of the molecule is CC(C)(C)c1ccc2[nH]c3c(c2c1)CCCC3NC=O. The van der Waals surface area contributed by atoms with E-state index in [-0.39, 0.29) is 11.5 Å². The molecule has 106 valence electrons. The summed E-state index contributed by atoms with van der Waals surface area (Å²) in [5, 5.41) is 4.26. The van der Waals surface area contributed by atoms with Crippen molar-refractivity contribution < 1.29 is 4.79 Å². The lowest BCUT2D eigenvalue weighted by atomic mass is 9.85. The highest BCUT2D eigenvalue weighted by atomic mass is 16.1. The van der Waals surface area contributed by atoms with Crippen molar-refractivity contribution in [2.24, 2.45) is 0 Å². The van der Waals surface area contributed by atoms with Crippen molar-refractivity contribution in [3.05, 3.63) is 35.0 Å². The highest BCUT2D eigenvalue weighted by Crippen LogP contribution is 2.36. The molecule has 3 nitrogen and oxygen atoms in total. The molecule has 1 atom stereocenters. The molecule has 0 radical (unpaired) electrons. The lowest BCUT2D eigenvalue weighted by Crippen LogP contribution is -2.23. The molecule has 0 spiro atoms. The van der Waals surface area contributed by atoms with Crippen LogP contribution in [0.5, 0.6) is 0 Å². The van der Waals surface area contributed by atoms with E-state index in [9.17, 15) is 4.79 Å². The highest BCUT2D eigenvalue weighted by Gasteiger charge is 2.24. The van der Waals surface area contributed by atoms with Crippen LogP contribution >= 0.6 is 0 Å². The van der Waals surface area contributed by atoms with Gasteiger partial charge in [-0.15, -0.1) is 0 Å². The molecule has 1 heterocycles. The molecule has 3 rings (SSSR count). The third kappa shape index (κ3) is 2.11. The van der Waals surface area contributed by atoms with E-state index in [0.717, 1.165) is 25.7 Å². The smallest absolute Gasteiger partial charge is 0.207 e. The summed E-state index contributed by atoms with van der Waals surface area (Å²) in [6, 6.07) is 6.83. The minimum Gasteiger partial charge on any atom is -0.356 e. The van der Waals surface area contributed by atoms with E-state index in [4.69, 9.17) is 0 Å². The quantitative estimate of drug-likeness (QED) is 0.805. The second-order valence-electron chi connectivity index (χ2n) is 6.76. The van der Waals surface area contributed by atoms with Gasteiger partial charge in [-0.3, -0.25) is 4.79 Å². The number of H-pyrrole nitrogens is 1. The van der Waals surface area contributed by atoms with Crippen LogP contribution in [0.2, 0.25) is 0 Å². The fourth-order valence-electron chi connectivity index (χ4n) is 3.18. The summed E-state index contributed by atoms with van der Waals surface area (Å²) in [7, 11) is 0. The average molecular weight is 270 g/mol. The number of nitrogens with one attached hydrogen (secondary N) is 2. The molecule has 1 aromatic carbocycles. The first-order chi connectivity index (χ1) is 9.50. The number of hydrogen-bond donors (Lipinski definition) is 2. The molecule has 1 aliphatic rings. The van der Waals surface area contributed by atoms with Crippen molar-refractivity contribution in [2.75, 3.05) is 0 Å². The van der Waals surface area contributed by atoms with E-state index in [2.05, 4.69) is 49.3 Å². The Bertz CT molecular complexity index is 649. The normalized spacial score (nSPS) is 18.9. The molecule has 1 amide bonds. The summed E-state index contributed by atoms with van der Waals surface area (Å²) in [6.07, 6.45) is 4.06. The minimum absolute atomic E-state index is 0.140. The number of aromatic amines is 1. The van der Waals surface area contributed by atoms with Crippen LogP contribution in [0.1, 0.15) is 56.5 Å². The first kappa shape index (κ1) is 13.2. The predicted molar refractivity (Wildman–Crippen MR) is 81.9 cm³/mol. The molecule has 20 heavy (non-hydrogen) atoms. The number of aryl methyl sites for hydroxylation is 1. The molecular weight excluding hydrogens is 248 g/mol. The van der Waals surface area contributed by atoms with Crippen molar-refractivity contribution in [1.82, 2.24) is 10.3 Å². The largest absolute Gasteiger partial charge is 0.356 e. The van der Waals surface area contributed by atoms with Crippen LogP contribution < -0.4 is 5.32 Å². The number of carbonyl (C=O) groups excluding carboxylic acids is 1. The zero-order chi connectivity index (χ0) is 14.3. The maximum atomic E-state index is 10.8. The van der Waals surface area contributed by atoms with Gasteiger partial charge >= 0.3 is 0 Å². The van der Waals surface area contributed by atoms with Gasteiger partial charge in [0.25, 0.3) is 0 Å². The van der Waals surface area contributed by atoms with Gasteiger partial charge in [0, 0.05) is 16.6 Å². The standard InChI is InChI=1S/C17H22N2O/c1-17(2,3)11-7-8-14-13(9-11)12-5-4-6-15(18-10-20)16(12)19-14/h7-10,15,19H,4-6H2,1-3H3,(H,18,20). The topological polar surface area (TPSA) is 44.9 Å². The van der Waals surface area contributed by atoms with Crippen LogP contribution in [-0.2, 0) is 16.6 Å². The number of carbonyl (C=O) groups is 1. The van der Waals surface area contributed by atoms with E-state index in [1.807, 2.05) is 0 Å². The van der Waals surface area contributed by atoms with Crippen molar-refractivity contribution in [1.29, 1.82) is 0 Å². The summed E-state index contributed by atoms with van der Waals surface area (Å²) in [5.41, 5.74) is 5.29. The third-order valence-corrected chi connectivity index (χ3v) is 4.34. The summed E-state index contributed by atoms with van der Waals surface area (Å²) in [5.74, 6) is 0. The maximum Gasteiger partial charge on any atom is 0.207 e. The number of fused-ring (bicyclic) bond motifs is 3. The van der Waals surface area contributed by atoms with Gasteiger partial charge in [-0.25, -0.2) is 0 Å². The van der Waals surface area contributed by atoms with Crippen LogP contribution in [0.15, 0.2) is 18.2 Å². The van der Waals surface area contributed by atoms with Crippen LogP contribution in [-0.4, -0.2) is 11.4 Å². The molecular formula is C17H22N2O. The first-order valence-electron chi connectivity index (χ1n) is 7.35. The number of hydrogen-bond acceptors (Lipinski definition) is 1. The second-order valence-corrected chi connectivity index (χ2v) is 6.76. The third-order valence-electron chi connectivity index (χ3n) is 4.34. The Morgan fingerprint density at radius 2 is 2.15 bits per heavy atom. The fourth-order valence-corrected chi connectivity index (χ4v) is 3.18. The predicted octanol–water partition coefficient (Wildman–Crippen LogP) is 3.59. The first-order valence-corrected chi connectivity index (χ1v) is 7.35. The van der Waals surface area contributed by atoms with E-state index in [1.165, 1.54) is 27.7 Å². The monoisotopic (exact) mass is 270 g/mol. The van der Waals surface area contributed by atoms with E-state index < -0.39 is 0 Å². The Hall–Kier alpha value is -1.77. The van der Waals surface area contributed by atoms with Gasteiger partial charge in [0.15, 0.2) is 0 Å². The van der Waals surface area contributed by atoms with Crippen molar-refractivity contribution in [3.8, 4) is 0 Å². The lowest BCUT2D eigenvalue weighted by Gasteiger charge is -2.22. The molecule has 0 bridgehead atoms. The summed E-state index contributed by atoms with van der Waals surface area (Å²) < 4.78 is 0. The molecule has 2 aromatic rings. The second kappa shape index (κ2) is 4.65. The molecule has 0 saturated heterocycles. The van der Waals surface area contributed by atoms with E-state index >= 15 is 0 Å². The molecule has 1 aromatic heterocycles. The molecule has 3 heteroatoms. The van der Waals surface area contributed by atoms with Gasteiger partial charge in [-0.2, -0.15) is 0 Å². The van der Waals surface area contributed by atoms with Gasteiger partial charge in [0.2, 0.25) is 6.41 Å². The summed E-state index contributed by atoms with van der Waals surface area (Å²) in [6.45, 7) is 6.72. The summed E-state index contributed by atoms with van der Waals surface area (Å²) in [4.78, 5) is 14.3. The molecule has 0 saturated carbocycles. The Morgan fingerprint density at radius 1 is 1.35 bits per heavy atom. The molecule has 1 aliphatic carbocycles. The molecule has 2 N–H and O–H groups in total. The van der Waals surface area contributed by atoms with Crippen LogP contribution in [0.3, 0.4) is 0 Å². The van der Waals surface area contributed by atoms with Crippen LogP contribution in [0.4, 0.5) is 0 Å². The highest BCUT2D eigenvalue weighted by molar-refractivity contribution is 5.86. The molecule has 0 aliphatic heterocycles. The molecule has 0 fully saturated rings. The number of benzene rings is 1. The average Bonchev–Trinajstić information content (AvgIpc) is 2.77. The zero-order valence-corrected chi connectivity index (χ0v) is 12.4. The number of rotatable bonds is 2. The molecule has 1 unspecified atom stereocenters. The number of amides is 1. The van der Waals surface area contributed by atoms with Crippen molar-refractivity contribution in [3.63, 3.8) is 0 Å². The van der Waals surface area contributed by atoms with Gasteiger partial charge in [-0.1, -0.05) is 26.8 Å². The Labute approximate surface area is 119 Å². The van der Waals surface area contributed by atoms with Crippen molar-refractivity contribution in [2.45, 2.75) is 51.5 Å². The maximum absolute atomic E-state index is 10.8. The summed E-state index contributed by atoms with van der Waals surface area (Å²) >= 11 is 0. The fraction of sp³-hybridized carbons (Fsp3) is 0.471. The Kier molecular flexibility index (Phi) is 3.08. The number of aromatic nitrogens is 1. The Balaban J connectivity index is 2.14. The van der Waals surface area contributed by atoms with Gasteiger partial charge < -0.3 is 10.3 Å². The minimum atomic E-state index is 0.140.